The van der Waals surface area contributed by atoms with Crippen LogP contribution in [0.15, 0.2) is 24.3 Å². The summed E-state index contributed by atoms with van der Waals surface area (Å²) in [7, 11) is 0. The first kappa shape index (κ1) is 19.4. The van der Waals surface area contributed by atoms with Gasteiger partial charge in [-0.05, 0) is 24.3 Å². The van der Waals surface area contributed by atoms with Crippen LogP contribution in [0, 0.1) is 0 Å². The predicted molar refractivity (Wildman–Crippen MR) is 98.6 cm³/mol. The molecule has 2 amide bonds. The van der Waals surface area contributed by atoms with Gasteiger partial charge in [0.15, 0.2) is 0 Å². The Morgan fingerprint density at radius 2 is 2.00 bits per heavy atom. The summed E-state index contributed by atoms with van der Waals surface area (Å²) in [5.41, 5.74) is 5.96. The Balaban J connectivity index is 1.43. The van der Waals surface area contributed by atoms with Gasteiger partial charge in [0.05, 0.1) is 26.3 Å². The molecule has 2 fully saturated rings. The van der Waals surface area contributed by atoms with E-state index in [9.17, 15) is 9.59 Å². The maximum absolute atomic E-state index is 12.1. The van der Waals surface area contributed by atoms with E-state index in [2.05, 4.69) is 15.8 Å². The first-order valence-electron chi connectivity index (χ1n) is 9.12. The Hall–Kier alpha value is -2.36. The number of ether oxygens (including phenoxy) is 3. The van der Waals surface area contributed by atoms with E-state index in [1.165, 1.54) is 6.92 Å². The fourth-order valence-corrected chi connectivity index (χ4v) is 2.97. The SMILES string of the molecule is CC(=O)NNC[C@H]1CN(c2ccc(OCCN3CCOCC3)cc2)C(=O)O1. The number of benzene rings is 1. The standard InChI is InChI=1S/C18H26N4O5/c1-14(23)20-19-12-17-13-22(18(24)27-17)15-2-4-16(5-3-15)26-11-8-21-6-9-25-10-7-21/h2-5,17,19H,6-13H2,1H3,(H,20,23)/t17-/m0/s1. The van der Waals surface area contributed by atoms with E-state index in [1.807, 2.05) is 24.3 Å². The van der Waals surface area contributed by atoms with Crippen molar-refractivity contribution in [3.63, 3.8) is 0 Å². The van der Waals surface area contributed by atoms with Crippen molar-refractivity contribution in [3.05, 3.63) is 24.3 Å². The molecule has 9 heteroatoms. The highest BCUT2D eigenvalue weighted by atomic mass is 16.6. The molecule has 0 saturated carbocycles. The molecule has 2 N–H and O–H groups in total. The smallest absolute Gasteiger partial charge is 0.414 e. The van der Waals surface area contributed by atoms with Gasteiger partial charge in [0.2, 0.25) is 5.91 Å². The number of amides is 2. The zero-order chi connectivity index (χ0) is 19.1. The van der Waals surface area contributed by atoms with Crippen LogP contribution in [0.2, 0.25) is 0 Å². The van der Waals surface area contributed by atoms with Crippen LogP contribution >= 0.6 is 0 Å². The highest BCUT2D eigenvalue weighted by Gasteiger charge is 2.32. The average molecular weight is 378 g/mol. The van der Waals surface area contributed by atoms with Gasteiger partial charge in [0.25, 0.3) is 0 Å². The molecule has 9 nitrogen and oxygen atoms in total. The first-order chi connectivity index (χ1) is 13.1. The van der Waals surface area contributed by atoms with Gasteiger partial charge in [0, 0.05) is 32.2 Å². The summed E-state index contributed by atoms with van der Waals surface area (Å²) in [6.45, 7) is 7.10. The lowest BCUT2D eigenvalue weighted by Crippen LogP contribution is -2.41. The van der Waals surface area contributed by atoms with Crippen molar-refractivity contribution in [1.29, 1.82) is 0 Å². The molecular weight excluding hydrogens is 352 g/mol. The van der Waals surface area contributed by atoms with E-state index in [-0.39, 0.29) is 12.0 Å². The number of rotatable bonds is 8. The van der Waals surface area contributed by atoms with E-state index in [4.69, 9.17) is 14.2 Å². The lowest BCUT2D eigenvalue weighted by atomic mass is 10.2. The minimum Gasteiger partial charge on any atom is -0.492 e. The zero-order valence-electron chi connectivity index (χ0n) is 15.5. The number of carbonyl (C=O) groups excluding carboxylic acids is 2. The molecule has 0 unspecified atom stereocenters. The van der Waals surface area contributed by atoms with Crippen LogP contribution in [0.5, 0.6) is 5.75 Å². The summed E-state index contributed by atoms with van der Waals surface area (Å²) < 4.78 is 16.4. The first-order valence-corrected chi connectivity index (χ1v) is 9.12. The molecule has 0 spiro atoms. The van der Waals surface area contributed by atoms with Gasteiger partial charge in [-0.1, -0.05) is 0 Å². The maximum atomic E-state index is 12.1. The molecule has 1 aromatic carbocycles. The summed E-state index contributed by atoms with van der Waals surface area (Å²) in [5.74, 6) is 0.573. The topological polar surface area (TPSA) is 92.4 Å². The molecule has 2 heterocycles. The normalized spacial score (nSPS) is 20.4. The van der Waals surface area contributed by atoms with E-state index in [0.717, 1.165) is 44.3 Å². The Morgan fingerprint density at radius 1 is 1.26 bits per heavy atom. The molecule has 3 rings (SSSR count). The Bertz CT molecular complexity index is 633. The van der Waals surface area contributed by atoms with Gasteiger partial charge in [-0.2, -0.15) is 0 Å². The molecule has 27 heavy (non-hydrogen) atoms. The minimum atomic E-state index is -0.398. The van der Waals surface area contributed by atoms with Crippen molar-refractivity contribution in [2.45, 2.75) is 13.0 Å². The number of morpholine rings is 1. The average Bonchev–Trinajstić information content (AvgIpc) is 3.03. The zero-order valence-corrected chi connectivity index (χ0v) is 15.5. The second-order valence-electron chi connectivity index (χ2n) is 6.47. The fourth-order valence-electron chi connectivity index (χ4n) is 2.97. The number of carbonyl (C=O) groups is 2. The predicted octanol–water partition coefficient (Wildman–Crippen LogP) is 0.364. The summed E-state index contributed by atoms with van der Waals surface area (Å²) in [4.78, 5) is 26.8. The van der Waals surface area contributed by atoms with Crippen LogP contribution in [0.1, 0.15) is 6.92 Å². The Morgan fingerprint density at radius 3 is 2.70 bits per heavy atom. The van der Waals surface area contributed by atoms with E-state index in [1.54, 1.807) is 4.90 Å². The molecule has 1 atom stereocenters. The molecule has 2 saturated heterocycles. The van der Waals surface area contributed by atoms with E-state index < -0.39 is 6.09 Å². The van der Waals surface area contributed by atoms with Gasteiger partial charge in [-0.25, -0.2) is 10.2 Å². The number of nitrogens with one attached hydrogen (secondary N) is 2. The molecule has 148 valence electrons. The number of nitrogens with zero attached hydrogens (tertiary/aromatic N) is 2. The second-order valence-corrected chi connectivity index (χ2v) is 6.47. The summed E-state index contributed by atoms with van der Waals surface area (Å²) >= 11 is 0. The number of hydrogen-bond donors (Lipinski definition) is 2. The summed E-state index contributed by atoms with van der Waals surface area (Å²) in [6, 6.07) is 7.39. The van der Waals surface area contributed by atoms with E-state index in [0.29, 0.717) is 19.7 Å². The molecule has 1 aromatic rings. The number of hydrazine groups is 1. The highest BCUT2D eigenvalue weighted by molar-refractivity contribution is 5.89. The third-order valence-corrected chi connectivity index (χ3v) is 4.40. The number of cyclic esters (lactones) is 1. The molecule has 0 bridgehead atoms. The lowest BCUT2D eigenvalue weighted by molar-refractivity contribution is -0.120. The van der Waals surface area contributed by atoms with E-state index >= 15 is 0 Å². The van der Waals surface area contributed by atoms with Crippen molar-refractivity contribution in [1.82, 2.24) is 15.8 Å². The van der Waals surface area contributed by atoms with Crippen LogP contribution in [-0.2, 0) is 14.3 Å². The van der Waals surface area contributed by atoms with Crippen LogP contribution in [-0.4, -0.2) is 75.5 Å². The Kier molecular flexibility index (Phi) is 6.86. The summed E-state index contributed by atoms with van der Waals surface area (Å²) in [5, 5.41) is 0. The third-order valence-electron chi connectivity index (χ3n) is 4.40. The fraction of sp³-hybridized carbons (Fsp3) is 0.556. The summed E-state index contributed by atoms with van der Waals surface area (Å²) in [6.07, 6.45) is -0.723. The monoisotopic (exact) mass is 378 g/mol. The number of anilines is 1. The van der Waals surface area contributed by atoms with Crippen LogP contribution in [0.3, 0.4) is 0 Å². The lowest BCUT2D eigenvalue weighted by Gasteiger charge is -2.26. The van der Waals surface area contributed by atoms with Gasteiger partial charge >= 0.3 is 6.09 Å². The van der Waals surface area contributed by atoms with Crippen molar-refractivity contribution >= 4 is 17.7 Å². The van der Waals surface area contributed by atoms with Gasteiger partial charge in [0.1, 0.15) is 18.5 Å². The van der Waals surface area contributed by atoms with Crippen molar-refractivity contribution in [2.24, 2.45) is 0 Å². The van der Waals surface area contributed by atoms with Crippen molar-refractivity contribution < 1.29 is 23.8 Å². The Labute approximate surface area is 158 Å². The van der Waals surface area contributed by atoms with Crippen molar-refractivity contribution in [3.8, 4) is 5.75 Å². The maximum Gasteiger partial charge on any atom is 0.414 e. The van der Waals surface area contributed by atoms with Crippen LogP contribution < -0.4 is 20.5 Å². The molecule has 0 aromatic heterocycles. The van der Waals surface area contributed by atoms with Crippen LogP contribution in [0.4, 0.5) is 10.5 Å². The second kappa shape index (κ2) is 9.54. The third kappa shape index (κ3) is 5.81. The molecule has 0 radical (unpaired) electrons. The minimum absolute atomic E-state index is 0.194. The van der Waals surface area contributed by atoms with Gasteiger partial charge < -0.3 is 14.2 Å². The molecule has 2 aliphatic heterocycles. The number of hydrogen-bond acceptors (Lipinski definition) is 7. The van der Waals surface area contributed by atoms with Gasteiger partial charge in [-0.15, -0.1) is 0 Å². The van der Waals surface area contributed by atoms with Crippen molar-refractivity contribution in [2.75, 3.05) is 57.4 Å². The largest absolute Gasteiger partial charge is 0.492 e. The highest BCUT2D eigenvalue weighted by Crippen LogP contribution is 2.24. The molecule has 0 aliphatic carbocycles. The molecular formula is C18H26N4O5. The van der Waals surface area contributed by atoms with Crippen LogP contribution in [0.25, 0.3) is 0 Å². The quantitative estimate of drug-likeness (QED) is 0.631. The van der Waals surface area contributed by atoms with Gasteiger partial charge in [-0.3, -0.25) is 20.0 Å². The molecule has 2 aliphatic rings.